The van der Waals surface area contributed by atoms with Crippen molar-refractivity contribution >= 4 is 35.6 Å². The van der Waals surface area contributed by atoms with Crippen molar-refractivity contribution in [3.8, 4) is 0 Å². The van der Waals surface area contributed by atoms with Crippen molar-refractivity contribution < 1.29 is 29.3 Å². The van der Waals surface area contributed by atoms with Crippen molar-refractivity contribution in [3.05, 3.63) is 36.0 Å². The lowest BCUT2D eigenvalue weighted by Gasteiger charge is -2.25. The number of anilines is 1. The molecule has 9 heteroatoms. The Balaban J connectivity index is 2.73. The van der Waals surface area contributed by atoms with Gasteiger partial charge in [-0.05, 0) is 37.0 Å². The van der Waals surface area contributed by atoms with Gasteiger partial charge < -0.3 is 14.9 Å². The molecule has 0 aromatic heterocycles. The number of carbonyl (C=O) groups is 2. The highest BCUT2D eigenvalue weighted by Crippen LogP contribution is 2.21. The molecule has 0 saturated heterocycles. The lowest BCUT2D eigenvalue weighted by Crippen LogP contribution is -2.26. The smallest absolute Gasteiger partial charge is 0.303 e. The van der Waals surface area contributed by atoms with Crippen molar-refractivity contribution in [2.45, 2.75) is 32.1 Å². The molecule has 162 valence electrons. The number of carbonyl (C=O) groups excluding carboxylic acids is 1. The van der Waals surface area contributed by atoms with E-state index in [4.69, 9.17) is 10.4 Å². The van der Waals surface area contributed by atoms with Crippen LogP contribution in [-0.4, -0.2) is 60.5 Å². The molecule has 0 aliphatic carbocycles. The van der Waals surface area contributed by atoms with Gasteiger partial charge in [-0.3, -0.25) is 9.59 Å². The van der Waals surface area contributed by atoms with Crippen LogP contribution in [0.25, 0.3) is 5.57 Å². The van der Waals surface area contributed by atoms with E-state index >= 15 is 0 Å². The van der Waals surface area contributed by atoms with Gasteiger partial charge in [-0.15, -0.1) is 4.33 Å². The van der Waals surface area contributed by atoms with Crippen molar-refractivity contribution in [1.82, 2.24) is 4.90 Å². The maximum atomic E-state index is 11.3. The molecule has 29 heavy (non-hydrogen) atoms. The third-order valence-corrected chi connectivity index (χ3v) is 4.76. The summed E-state index contributed by atoms with van der Waals surface area (Å²) < 4.78 is 4.40. The second kappa shape index (κ2) is 14.9. The molecule has 2 N–H and O–H groups in total. The molecule has 0 saturated carbocycles. The average molecular weight is 427 g/mol. The Hall–Kier alpha value is -2.07. The van der Waals surface area contributed by atoms with E-state index in [1.54, 1.807) is 6.20 Å². The predicted molar refractivity (Wildman–Crippen MR) is 114 cm³/mol. The van der Waals surface area contributed by atoms with Gasteiger partial charge in [0.2, 0.25) is 0 Å². The fraction of sp³-hybridized carbons (Fsp3) is 0.500. The quantitative estimate of drug-likeness (QED) is 0.102. The number of benzene rings is 1. The van der Waals surface area contributed by atoms with Crippen molar-refractivity contribution in [3.63, 3.8) is 0 Å². The molecule has 1 aromatic rings. The second-order valence-corrected chi connectivity index (χ2v) is 7.50. The van der Waals surface area contributed by atoms with Crippen LogP contribution in [0.4, 0.5) is 5.69 Å². The molecular formula is C20H30N2O6S. The molecule has 8 nitrogen and oxygen atoms in total. The fourth-order valence-electron chi connectivity index (χ4n) is 2.81. The molecule has 0 heterocycles. The first-order valence-corrected chi connectivity index (χ1v) is 10.4. The van der Waals surface area contributed by atoms with Crippen LogP contribution in [0.2, 0.25) is 0 Å². The van der Waals surface area contributed by atoms with Crippen LogP contribution in [0, 0.1) is 0 Å². The van der Waals surface area contributed by atoms with Gasteiger partial charge in [0.05, 0.1) is 0 Å². The van der Waals surface area contributed by atoms with Crippen LogP contribution in [0.5, 0.6) is 0 Å². The summed E-state index contributed by atoms with van der Waals surface area (Å²) in [4.78, 5) is 26.0. The molecule has 0 spiro atoms. The average Bonchev–Trinajstić information content (AvgIpc) is 2.70. The number of aldehydes is 1. The summed E-state index contributed by atoms with van der Waals surface area (Å²) in [5.41, 5.74) is 2.49. The third kappa shape index (κ3) is 10.9. The minimum atomic E-state index is -0.766. The van der Waals surface area contributed by atoms with E-state index in [1.165, 1.54) is 0 Å². The number of unbranched alkanes of at least 4 members (excludes halogenated alkanes) is 2. The van der Waals surface area contributed by atoms with Crippen LogP contribution in [0.15, 0.2) is 30.5 Å². The summed E-state index contributed by atoms with van der Waals surface area (Å²) in [5, 5.41) is 20.5. The molecule has 0 amide bonds. The van der Waals surface area contributed by atoms with Gasteiger partial charge in [-0.1, -0.05) is 23.6 Å². The van der Waals surface area contributed by atoms with Gasteiger partial charge in [0.15, 0.2) is 6.29 Å². The zero-order valence-corrected chi connectivity index (χ0v) is 17.8. The molecule has 0 fully saturated rings. The normalized spacial score (nSPS) is 11.3. The predicted octanol–water partition coefficient (Wildman–Crippen LogP) is 3.70. The summed E-state index contributed by atoms with van der Waals surface area (Å²) in [6, 6.07) is 7.82. The molecular weight excluding hydrogens is 396 g/mol. The van der Waals surface area contributed by atoms with Gasteiger partial charge >= 0.3 is 5.97 Å². The molecule has 1 rings (SSSR count). The number of aliphatic carboxylic acids is 1. The Morgan fingerprint density at radius 3 is 2.38 bits per heavy atom. The van der Waals surface area contributed by atoms with Crippen molar-refractivity contribution in [2.24, 2.45) is 0 Å². The third-order valence-electron chi connectivity index (χ3n) is 4.14. The zero-order chi connectivity index (χ0) is 21.5. The highest BCUT2D eigenvalue weighted by atomic mass is 32.2. The molecule has 1 aromatic carbocycles. The minimum Gasteiger partial charge on any atom is -0.481 e. The molecule has 0 aliphatic rings. The Morgan fingerprint density at radius 1 is 1.10 bits per heavy atom. The summed E-state index contributed by atoms with van der Waals surface area (Å²) in [6.07, 6.45) is 6.02. The summed E-state index contributed by atoms with van der Waals surface area (Å²) in [5.74, 6) is -0.119. The zero-order valence-electron chi connectivity index (χ0n) is 17.0. The van der Waals surface area contributed by atoms with Gasteiger partial charge in [0.25, 0.3) is 0 Å². The molecule has 0 aliphatic heterocycles. The van der Waals surface area contributed by atoms with E-state index in [1.807, 2.05) is 43.3 Å². The van der Waals surface area contributed by atoms with E-state index in [-0.39, 0.29) is 6.42 Å². The van der Waals surface area contributed by atoms with Gasteiger partial charge in [-0.25, -0.2) is 5.26 Å². The first-order valence-electron chi connectivity index (χ1n) is 9.48. The number of carboxylic acids is 1. The van der Waals surface area contributed by atoms with Gasteiger partial charge in [-0.2, -0.15) is 0 Å². The fourth-order valence-corrected chi connectivity index (χ4v) is 3.17. The summed E-state index contributed by atoms with van der Waals surface area (Å²) >= 11 is 1.03. The Bertz CT molecular complexity index is 636. The highest BCUT2D eigenvalue weighted by Gasteiger charge is 2.09. The van der Waals surface area contributed by atoms with E-state index in [2.05, 4.69) is 14.3 Å². The van der Waals surface area contributed by atoms with Crippen LogP contribution in [-0.2, 0) is 19.0 Å². The van der Waals surface area contributed by atoms with E-state index in [0.29, 0.717) is 17.7 Å². The lowest BCUT2D eigenvalue weighted by atomic mass is 10.1. The van der Waals surface area contributed by atoms with E-state index in [0.717, 1.165) is 61.9 Å². The van der Waals surface area contributed by atoms with E-state index < -0.39 is 5.97 Å². The molecule has 0 radical (unpaired) electrons. The maximum Gasteiger partial charge on any atom is 0.303 e. The van der Waals surface area contributed by atoms with Crippen LogP contribution >= 0.6 is 12.0 Å². The molecule has 0 bridgehead atoms. The van der Waals surface area contributed by atoms with Gasteiger partial charge in [0.1, 0.15) is 0 Å². The Labute approximate surface area is 176 Å². The van der Waals surface area contributed by atoms with E-state index in [9.17, 15) is 9.59 Å². The number of rotatable bonds is 16. The Kier molecular flexibility index (Phi) is 12.8. The minimum absolute atomic E-state index is 0.191. The SMILES string of the molecule is CN(C)/C=C(/C=O)c1ccc(N(CCCCCC(=O)O)CCCSOOO)cc1. The first kappa shape index (κ1) is 25.0. The van der Waals surface area contributed by atoms with Gasteiger partial charge in [0, 0.05) is 68.9 Å². The summed E-state index contributed by atoms with van der Waals surface area (Å²) in [7, 11) is 3.74. The van der Waals surface area contributed by atoms with Crippen LogP contribution < -0.4 is 4.90 Å². The molecule has 0 unspecified atom stereocenters. The van der Waals surface area contributed by atoms with Crippen LogP contribution in [0.1, 0.15) is 37.7 Å². The topological polar surface area (TPSA) is 99.5 Å². The standard InChI is InChI=1S/C20H30N2O6S/c1-21(2)15-18(16-23)17-8-10-19(11-9-17)22(13-6-14-29-28-27-26)12-5-3-4-7-20(24)25/h8-11,15-16,26H,3-7,12-14H2,1-2H3,(H,24,25)/b18-15-. The molecule has 0 atom stereocenters. The first-order chi connectivity index (χ1) is 14.0. The highest BCUT2D eigenvalue weighted by molar-refractivity contribution is 7.94. The Morgan fingerprint density at radius 2 is 1.79 bits per heavy atom. The largest absolute Gasteiger partial charge is 0.481 e. The number of hydrogen-bond acceptors (Lipinski definition) is 8. The van der Waals surface area contributed by atoms with Crippen LogP contribution in [0.3, 0.4) is 0 Å². The number of allylic oxidation sites excluding steroid dienone is 1. The monoisotopic (exact) mass is 426 g/mol. The number of hydrogen-bond donors (Lipinski definition) is 2. The number of carboxylic acid groups (broad SMARTS) is 1. The van der Waals surface area contributed by atoms with Crippen molar-refractivity contribution in [2.75, 3.05) is 37.8 Å². The van der Waals surface area contributed by atoms with Crippen molar-refractivity contribution in [1.29, 1.82) is 0 Å². The lowest BCUT2D eigenvalue weighted by molar-refractivity contribution is -0.432. The number of nitrogens with zero attached hydrogens (tertiary/aromatic N) is 2. The summed E-state index contributed by atoms with van der Waals surface area (Å²) in [6.45, 7) is 1.57. The maximum absolute atomic E-state index is 11.3. The second-order valence-electron chi connectivity index (χ2n) is 6.72.